The lowest BCUT2D eigenvalue weighted by atomic mass is 9.94. The van der Waals surface area contributed by atoms with Gasteiger partial charge in [0.25, 0.3) is 0 Å². The maximum atomic E-state index is 12.1. The van der Waals surface area contributed by atoms with Crippen molar-refractivity contribution in [2.45, 2.75) is 13.8 Å². The molecule has 0 N–H and O–H groups in total. The first-order valence-electron chi connectivity index (χ1n) is 7.55. The molecule has 0 saturated heterocycles. The lowest BCUT2D eigenvalue weighted by molar-refractivity contribution is -0.138. The zero-order valence-electron chi connectivity index (χ0n) is 13.3. The Kier molecular flexibility index (Phi) is 5.71. The van der Waals surface area contributed by atoms with Crippen LogP contribution in [0.2, 0.25) is 0 Å². The molecule has 2 aromatic carbocycles. The fraction of sp³-hybridized carbons (Fsp3) is 0.200. The van der Waals surface area contributed by atoms with Crippen molar-refractivity contribution in [3.63, 3.8) is 0 Å². The normalized spacial score (nSPS) is 11.1. The molecule has 0 saturated carbocycles. The van der Waals surface area contributed by atoms with Crippen LogP contribution in [0.5, 0.6) is 0 Å². The average Bonchev–Trinajstić information content (AvgIpc) is 2.58. The van der Waals surface area contributed by atoms with Gasteiger partial charge in [-0.15, -0.1) is 0 Å². The molecule has 0 fully saturated rings. The van der Waals surface area contributed by atoms with Crippen LogP contribution in [0.3, 0.4) is 0 Å². The van der Waals surface area contributed by atoms with E-state index in [9.17, 15) is 10.1 Å². The number of esters is 1. The molecule has 3 nitrogen and oxygen atoms in total. The minimum absolute atomic E-state index is 0.277. The van der Waals surface area contributed by atoms with E-state index in [1.165, 1.54) is 6.08 Å². The van der Waals surface area contributed by atoms with Crippen LogP contribution in [0.1, 0.15) is 30.5 Å². The van der Waals surface area contributed by atoms with Crippen molar-refractivity contribution in [1.82, 2.24) is 0 Å². The van der Waals surface area contributed by atoms with Crippen LogP contribution in [0.15, 0.2) is 60.7 Å². The number of rotatable bonds is 5. The second-order valence-corrected chi connectivity index (χ2v) is 5.61. The molecule has 0 unspecified atom stereocenters. The van der Waals surface area contributed by atoms with Crippen LogP contribution in [-0.4, -0.2) is 12.6 Å². The van der Waals surface area contributed by atoms with Gasteiger partial charge in [0.15, 0.2) is 0 Å². The number of ether oxygens (including phenoxy) is 1. The van der Waals surface area contributed by atoms with Gasteiger partial charge in [0.2, 0.25) is 0 Å². The summed E-state index contributed by atoms with van der Waals surface area (Å²) >= 11 is 0. The van der Waals surface area contributed by atoms with Crippen LogP contribution in [-0.2, 0) is 9.53 Å². The molecule has 0 aliphatic heterocycles. The first kappa shape index (κ1) is 16.5. The topological polar surface area (TPSA) is 50.1 Å². The molecule has 0 bridgehead atoms. The molecule has 0 atom stereocenters. The highest BCUT2D eigenvalue weighted by Crippen LogP contribution is 2.26. The number of hydrogen-bond donors (Lipinski definition) is 0. The predicted octanol–water partition coefficient (Wildman–Crippen LogP) is 4.19. The van der Waals surface area contributed by atoms with Crippen molar-refractivity contribution in [3.8, 4) is 6.07 Å². The quantitative estimate of drug-likeness (QED) is 0.615. The summed E-state index contributed by atoms with van der Waals surface area (Å²) in [5, 5.41) is 9.33. The summed E-state index contributed by atoms with van der Waals surface area (Å²) < 4.78 is 5.25. The molecule has 0 radical (unpaired) electrons. The summed E-state index contributed by atoms with van der Waals surface area (Å²) in [6, 6.07) is 19.0. The molecule has 0 aliphatic rings. The van der Waals surface area contributed by atoms with Crippen molar-refractivity contribution in [2.24, 2.45) is 5.92 Å². The molecule has 116 valence electrons. The van der Waals surface area contributed by atoms with Gasteiger partial charge in [-0.3, -0.25) is 0 Å². The number of nitriles is 1. The summed E-state index contributed by atoms with van der Waals surface area (Å²) in [6.45, 7) is 4.34. The molecule has 2 rings (SSSR count). The van der Waals surface area contributed by atoms with Crippen LogP contribution in [0, 0.1) is 17.2 Å². The van der Waals surface area contributed by atoms with Gasteiger partial charge in [-0.25, -0.2) is 4.79 Å². The van der Waals surface area contributed by atoms with Crippen molar-refractivity contribution in [3.05, 3.63) is 77.4 Å². The minimum atomic E-state index is -0.398. The highest BCUT2D eigenvalue weighted by Gasteiger charge is 2.12. The largest absolute Gasteiger partial charge is 0.462 e. The molecular formula is C20H19NO2. The third-order valence-electron chi connectivity index (χ3n) is 3.24. The molecular weight excluding hydrogens is 286 g/mol. The summed E-state index contributed by atoms with van der Waals surface area (Å²) in [4.78, 5) is 12.1. The second kappa shape index (κ2) is 7.95. The lowest BCUT2D eigenvalue weighted by Crippen LogP contribution is -2.08. The molecule has 2 aromatic rings. The highest BCUT2D eigenvalue weighted by molar-refractivity contribution is 5.97. The van der Waals surface area contributed by atoms with E-state index in [2.05, 4.69) is 6.07 Å². The second-order valence-electron chi connectivity index (χ2n) is 5.61. The van der Waals surface area contributed by atoms with Gasteiger partial charge in [0.1, 0.15) is 0 Å². The first-order valence-corrected chi connectivity index (χ1v) is 7.55. The number of carbonyl (C=O) groups is 1. The highest BCUT2D eigenvalue weighted by atomic mass is 16.5. The third-order valence-corrected chi connectivity index (χ3v) is 3.24. The van der Waals surface area contributed by atoms with Gasteiger partial charge >= 0.3 is 5.97 Å². The summed E-state index contributed by atoms with van der Waals surface area (Å²) in [5.41, 5.74) is 2.81. The van der Waals surface area contributed by atoms with Gasteiger partial charge in [-0.2, -0.15) is 5.26 Å². The molecule has 3 heteroatoms. The Bertz CT molecular complexity index is 740. The van der Waals surface area contributed by atoms with Gasteiger partial charge in [0.05, 0.1) is 18.2 Å². The third kappa shape index (κ3) is 4.55. The van der Waals surface area contributed by atoms with E-state index in [1.807, 2.05) is 62.4 Å². The fourth-order valence-corrected chi connectivity index (χ4v) is 2.16. The van der Waals surface area contributed by atoms with Gasteiger partial charge in [-0.05, 0) is 23.1 Å². The fourth-order valence-electron chi connectivity index (χ4n) is 2.16. The van der Waals surface area contributed by atoms with Crippen LogP contribution in [0.25, 0.3) is 5.57 Å². The van der Waals surface area contributed by atoms with Crippen LogP contribution < -0.4 is 0 Å². The molecule has 0 aromatic heterocycles. The smallest absolute Gasteiger partial charge is 0.331 e. The van der Waals surface area contributed by atoms with Crippen molar-refractivity contribution < 1.29 is 9.53 Å². The first-order chi connectivity index (χ1) is 11.1. The summed E-state index contributed by atoms with van der Waals surface area (Å²) in [5.74, 6) is -0.121. The Morgan fingerprint density at radius 1 is 1.13 bits per heavy atom. The molecule has 0 aliphatic carbocycles. The Morgan fingerprint density at radius 3 is 2.43 bits per heavy atom. The van der Waals surface area contributed by atoms with Gasteiger partial charge in [0, 0.05) is 11.6 Å². The molecule has 23 heavy (non-hydrogen) atoms. The molecule has 0 amide bonds. The maximum Gasteiger partial charge on any atom is 0.331 e. The van der Waals surface area contributed by atoms with Gasteiger partial charge < -0.3 is 4.74 Å². The molecule has 0 spiro atoms. The SMILES string of the molecule is CC(C)COC(=O)C=C(c1ccccc1)c1ccccc1C#N. The lowest BCUT2D eigenvalue weighted by Gasteiger charge is -2.11. The predicted molar refractivity (Wildman–Crippen MR) is 90.5 cm³/mol. The van der Waals surface area contributed by atoms with Crippen LogP contribution >= 0.6 is 0 Å². The number of benzene rings is 2. The van der Waals surface area contributed by atoms with E-state index >= 15 is 0 Å². The Morgan fingerprint density at radius 2 is 1.78 bits per heavy atom. The average molecular weight is 305 g/mol. The van der Waals surface area contributed by atoms with Crippen molar-refractivity contribution >= 4 is 11.5 Å². The van der Waals surface area contributed by atoms with Crippen molar-refractivity contribution in [1.29, 1.82) is 5.26 Å². The zero-order chi connectivity index (χ0) is 16.7. The summed E-state index contributed by atoms with van der Waals surface area (Å²) in [6.07, 6.45) is 1.47. The minimum Gasteiger partial charge on any atom is -0.462 e. The van der Waals surface area contributed by atoms with E-state index in [0.717, 1.165) is 11.1 Å². The number of hydrogen-bond acceptors (Lipinski definition) is 3. The van der Waals surface area contributed by atoms with E-state index in [-0.39, 0.29) is 5.92 Å². The van der Waals surface area contributed by atoms with E-state index in [0.29, 0.717) is 17.7 Å². The summed E-state index contributed by atoms with van der Waals surface area (Å²) in [7, 11) is 0. The van der Waals surface area contributed by atoms with E-state index in [4.69, 9.17) is 4.74 Å². The van der Waals surface area contributed by atoms with Gasteiger partial charge in [-0.1, -0.05) is 62.4 Å². The maximum absolute atomic E-state index is 12.1. The molecule has 0 heterocycles. The van der Waals surface area contributed by atoms with Crippen LogP contribution in [0.4, 0.5) is 0 Å². The monoisotopic (exact) mass is 305 g/mol. The standard InChI is InChI=1S/C20H19NO2/c1-15(2)14-23-20(22)12-19(16-8-4-3-5-9-16)18-11-7-6-10-17(18)13-21/h3-12,15H,14H2,1-2H3. The van der Waals surface area contributed by atoms with Crippen molar-refractivity contribution in [2.75, 3.05) is 6.61 Å². The Hall–Kier alpha value is -2.86. The van der Waals surface area contributed by atoms with E-state index in [1.54, 1.807) is 6.07 Å². The zero-order valence-corrected chi connectivity index (χ0v) is 13.3. The Balaban J connectivity index is 2.45. The Labute approximate surface area is 136 Å². The number of nitrogens with zero attached hydrogens (tertiary/aromatic N) is 1. The van der Waals surface area contributed by atoms with E-state index < -0.39 is 5.97 Å². The number of carbonyl (C=O) groups excluding carboxylic acids is 1.